The van der Waals surface area contributed by atoms with Crippen LogP contribution in [0.4, 0.5) is 0 Å². The van der Waals surface area contributed by atoms with Gasteiger partial charge in [-0.3, -0.25) is 4.48 Å². The number of hydrogen-bond donors (Lipinski definition) is 1. The maximum absolute atomic E-state index is 12.0. The highest BCUT2D eigenvalue weighted by Gasteiger charge is 2.55. The summed E-state index contributed by atoms with van der Waals surface area (Å²) in [5.74, 6) is 1.69. The maximum atomic E-state index is 12.0. The van der Waals surface area contributed by atoms with Crippen LogP contribution in [0.3, 0.4) is 0 Å². The first kappa shape index (κ1) is 24.8. The Labute approximate surface area is 210 Å². The fourth-order valence-corrected chi connectivity index (χ4v) is 7.03. The van der Waals surface area contributed by atoms with Crippen molar-refractivity contribution in [1.82, 2.24) is 0 Å². The predicted molar refractivity (Wildman–Crippen MR) is 137 cm³/mol. The largest absolute Gasteiger partial charge is 0.493 e. The molecule has 2 aromatic carbocycles. The van der Waals surface area contributed by atoms with Gasteiger partial charge in [-0.15, -0.1) is 0 Å². The van der Waals surface area contributed by atoms with E-state index in [1.54, 1.807) is 0 Å². The Balaban J connectivity index is 1.26. The minimum absolute atomic E-state index is 0.0165. The average molecular weight is 481 g/mol. The Morgan fingerprint density at radius 3 is 2.23 bits per heavy atom. The van der Waals surface area contributed by atoms with E-state index in [-0.39, 0.29) is 18.2 Å². The predicted octanol–water partition coefficient (Wildman–Crippen LogP) is 5.13. The number of benzene rings is 2. The van der Waals surface area contributed by atoms with E-state index in [9.17, 15) is 5.11 Å². The third-order valence-corrected chi connectivity index (χ3v) is 8.98. The smallest absolute Gasteiger partial charge is 0.220 e. The molecule has 0 spiro atoms. The molecule has 1 saturated carbocycles. The molecule has 3 aliphatic heterocycles. The van der Waals surface area contributed by atoms with Crippen LogP contribution in [-0.2, 0) is 15.1 Å². The molecule has 4 fully saturated rings. The van der Waals surface area contributed by atoms with Gasteiger partial charge < -0.3 is 19.3 Å². The normalized spacial score (nSPS) is 30.3. The van der Waals surface area contributed by atoms with Crippen molar-refractivity contribution in [1.29, 1.82) is 0 Å². The summed E-state index contributed by atoms with van der Waals surface area (Å²) in [4.78, 5) is 0. The lowest BCUT2D eigenvalue weighted by Gasteiger charge is -2.57. The van der Waals surface area contributed by atoms with Gasteiger partial charge in [0, 0.05) is 32.3 Å². The van der Waals surface area contributed by atoms with Crippen molar-refractivity contribution < 1.29 is 23.8 Å². The number of nitrogens with zero attached hydrogens (tertiary/aromatic N) is 1. The number of rotatable bonds is 11. The van der Waals surface area contributed by atoms with Crippen LogP contribution < -0.4 is 4.74 Å². The lowest BCUT2D eigenvalue weighted by Crippen LogP contribution is -2.71. The topological polar surface area (TPSA) is 47.9 Å². The molecular formula is C30H42NO4+. The zero-order valence-electron chi connectivity index (χ0n) is 21.2. The number of methoxy groups -OCH3 is 1. The number of piperidine rings is 3. The summed E-state index contributed by atoms with van der Waals surface area (Å²) in [5.41, 5.74) is 0.0558. The van der Waals surface area contributed by atoms with E-state index >= 15 is 0 Å². The molecule has 6 rings (SSSR count). The molecule has 3 heterocycles. The molecule has 190 valence electrons. The number of hydrogen-bond acceptors (Lipinski definition) is 4. The number of para-hydroxylation sites is 1. The Kier molecular flexibility index (Phi) is 7.78. The highest BCUT2D eigenvalue weighted by Crippen LogP contribution is 2.44. The summed E-state index contributed by atoms with van der Waals surface area (Å²) in [7, 11) is 1.84. The van der Waals surface area contributed by atoms with Gasteiger partial charge in [-0.2, -0.15) is 0 Å². The number of ether oxygens (including phenoxy) is 3. The zero-order chi connectivity index (χ0) is 24.1. The zero-order valence-corrected chi connectivity index (χ0v) is 21.2. The first-order valence-electron chi connectivity index (χ1n) is 13.6. The molecule has 0 amide bonds. The molecule has 0 radical (unpaired) electrons. The molecule has 3 saturated heterocycles. The minimum atomic E-state index is -0.934. The standard InChI is InChI=1S/C30H42NO4/c1-33-29-28(35-23-30(32,26-13-8-9-14-26)25-11-4-2-5-12-25)24-17-20-31(29,21-18-24)19-10-22-34-27-15-6-3-7-16-27/h2-7,11-12,15-16,24,26,28-29,32H,8-10,13-14,17-23H2,1H3/q+1. The van der Waals surface area contributed by atoms with Gasteiger partial charge >= 0.3 is 0 Å². The molecule has 35 heavy (non-hydrogen) atoms. The van der Waals surface area contributed by atoms with Crippen molar-refractivity contribution >= 4 is 0 Å². The third-order valence-electron chi connectivity index (χ3n) is 8.98. The number of quaternary nitrogens is 1. The van der Waals surface area contributed by atoms with Crippen LogP contribution in [0.25, 0.3) is 0 Å². The molecule has 1 aliphatic carbocycles. The van der Waals surface area contributed by atoms with Crippen molar-refractivity contribution in [2.45, 2.75) is 62.9 Å². The summed E-state index contributed by atoms with van der Waals surface area (Å²) in [5, 5.41) is 12.0. The van der Waals surface area contributed by atoms with Crippen LogP contribution >= 0.6 is 0 Å². The highest BCUT2D eigenvalue weighted by atomic mass is 16.6. The van der Waals surface area contributed by atoms with Crippen molar-refractivity contribution in [3.05, 3.63) is 66.2 Å². The SMILES string of the molecule is COC1C(OCC(O)(c2ccccc2)C2CCCC2)C2CC[N+]1(CCCOc1ccccc1)CC2. The van der Waals surface area contributed by atoms with Crippen LogP contribution in [0, 0.1) is 11.8 Å². The lowest BCUT2D eigenvalue weighted by atomic mass is 9.79. The van der Waals surface area contributed by atoms with Gasteiger partial charge in [0.05, 0.1) is 32.8 Å². The average Bonchev–Trinajstić information content (AvgIpc) is 3.47. The Morgan fingerprint density at radius 2 is 1.57 bits per heavy atom. The third kappa shape index (κ3) is 5.15. The number of aliphatic hydroxyl groups is 1. The molecule has 1 N–H and O–H groups in total. The van der Waals surface area contributed by atoms with Crippen molar-refractivity contribution in [2.75, 3.05) is 40.0 Å². The van der Waals surface area contributed by atoms with E-state index in [0.717, 1.165) is 67.5 Å². The van der Waals surface area contributed by atoms with Gasteiger partial charge in [-0.1, -0.05) is 61.4 Å². The Hall–Kier alpha value is -1.92. The van der Waals surface area contributed by atoms with Crippen LogP contribution in [0.1, 0.15) is 50.5 Å². The number of fused-ring (bicyclic) bond motifs is 3. The Morgan fingerprint density at radius 1 is 0.914 bits per heavy atom. The molecule has 3 atom stereocenters. The second kappa shape index (κ2) is 11.0. The molecule has 4 aliphatic rings. The van der Waals surface area contributed by atoms with Gasteiger partial charge in [0.25, 0.3) is 0 Å². The van der Waals surface area contributed by atoms with Gasteiger partial charge in [-0.05, 0) is 36.5 Å². The molecule has 3 unspecified atom stereocenters. The molecule has 2 bridgehead atoms. The summed E-state index contributed by atoms with van der Waals surface area (Å²) < 4.78 is 19.8. The van der Waals surface area contributed by atoms with E-state index in [1.165, 1.54) is 12.8 Å². The van der Waals surface area contributed by atoms with E-state index in [2.05, 4.69) is 12.1 Å². The van der Waals surface area contributed by atoms with Crippen LogP contribution in [-0.4, -0.2) is 61.9 Å². The molecule has 0 aromatic heterocycles. The van der Waals surface area contributed by atoms with Gasteiger partial charge in [-0.25, -0.2) is 0 Å². The van der Waals surface area contributed by atoms with Crippen molar-refractivity contribution in [3.63, 3.8) is 0 Å². The van der Waals surface area contributed by atoms with Gasteiger partial charge in [0.15, 0.2) is 0 Å². The molecule has 5 heteroatoms. The molecular weight excluding hydrogens is 438 g/mol. The fraction of sp³-hybridized carbons (Fsp3) is 0.600. The quantitative estimate of drug-likeness (QED) is 0.358. The summed E-state index contributed by atoms with van der Waals surface area (Å²) in [6, 6.07) is 20.3. The van der Waals surface area contributed by atoms with Crippen molar-refractivity contribution in [3.8, 4) is 5.75 Å². The first-order valence-corrected chi connectivity index (χ1v) is 13.6. The molecule has 2 aromatic rings. The van der Waals surface area contributed by atoms with Gasteiger partial charge in [0.1, 0.15) is 17.5 Å². The maximum Gasteiger partial charge on any atom is 0.220 e. The molecule has 5 nitrogen and oxygen atoms in total. The van der Waals surface area contributed by atoms with Crippen molar-refractivity contribution in [2.24, 2.45) is 11.8 Å². The van der Waals surface area contributed by atoms with Crippen LogP contribution in [0.5, 0.6) is 5.75 Å². The second-order valence-corrected chi connectivity index (χ2v) is 10.9. The summed E-state index contributed by atoms with van der Waals surface area (Å²) in [6.07, 6.45) is 7.87. The van der Waals surface area contributed by atoms with E-state index < -0.39 is 5.60 Å². The lowest BCUT2D eigenvalue weighted by molar-refractivity contribution is -0.990. The summed E-state index contributed by atoms with van der Waals surface area (Å²) >= 11 is 0. The fourth-order valence-electron chi connectivity index (χ4n) is 7.03. The first-order chi connectivity index (χ1) is 17.1. The highest BCUT2D eigenvalue weighted by molar-refractivity contribution is 5.24. The second-order valence-electron chi connectivity index (χ2n) is 10.9. The van der Waals surface area contributed by atoms with Gasteiger partial charge in [0.2, 0.25) is 6.23 Å². The summed E-state index contributed by atoms with van der Waals surface area (Å²) in [6.45, 7) is 4.37. The van der Waals surface area contributed by atoms with E-state index in [4.69, 9.17) is 14.2 Å². The Bertz CT molecular complexity index is 908. The van der Waals surface area contributed by atoms with E-state index in [1.807, 2.05) is 55.6 Å². The minimum Gasteiger partial charge on any atom is -0.493 e. The van der Waals surface area contributed by atoms with Crippen LogP contribution in [0.15, 0.2) is 60.7 Å². The van der Waals surface area contributed by atoms with Crippen LogP contribution in [0.2, 0.25) is 0 Å². The monoisotopic (exact) mass is 480 g/mol. The van der Waals surface area contributed by atoms with E-state index in [0.29, 0.717) is 19.1 Å².